The second-order valence-corrected chi connectivity index (χ2v) is 7.57. The number of aryl methyl sites for hydroxylation is 1. The summed E-state index contributed by atoms with van der Waals surface area (Å²) in [5.41, 5.74) is 1.99. The Morgan fingerprint density at radius 3 is 2.34 bits per heavy atom. The van der Waals surface area contributed by atoms with E-state index in [-0.39, 0.29) is 17.2 Å². The van der Waals surface area contributed by atoms with Crippen LogP contribution in [-0.2, 0) is 9.59 Å². The first-order chi connectivity index (χ1) is 13.9. The van der Waals surface area contributed by atoms with Crippen molar-refractivity contribution in [3.05, 3.63) is 59.7 Å². The van der Waals surface area contributed by atoms with Gasteiger partial charge in [-0.15, -0.1) is 5.10 Å². The number of amides is 2. The lowest BCUT2D eigenvalue weighted by Gasteiger charge is -2.19. The molecule has 3 rings (SSSR count). The summed E-state index contributed by atoms with van der Waals surface area (Å²) >= 11 is 1.31. The predicted molar refractivity (Wildman–Crippen MR) is 113 cm³/mol. The number of carbonyl (C=O) groups excluding carboxylic acids is 2. The molecule has 0 saturated carbocycles. The second-order valence-electron chi connectivity index (χ2n) is 6.51. The van der Waals surface area contributed by atoms with Crippen molar-refractivity contribution in [1.29, 1.82) is 0 Å². The third kappa shape index (κ3) is 5.74. The van der Waals surface area contributed by atoms with Crippen LogP contribution in [0.4, 0.5) is 0 Å². The van der Waals surface area contributed by atoms with E-state index in [9.17, 15) is 9.59 Å². The summed E-state index contributed by atoms with van der Waals surface area (Å²) < 4.78 is 11.5. The second kappa shape index (κ2) is 9.47. The number of nitrogens with one attached hydrogen (secondary N) is 1. The highest BCUT2D eigenvalue weighted by Gasteiger charge is 2.32. The molecule has 1 aliphatic rings. The molecule has 0 unspecified atom stereocenters. The zero-order valence-corrected chi connectivity index (χ0v) is 17.4. The maximum atomic E-state index is 12.0. The van der Waals surface area contributed by atoms with Gasteiger partial charge >= 0.3 is 0 Å². The summed E-state index contributed by atoms with van der Waals surface area (Å²) in [6, 6.07) is 15.3. The number of carbonyl (C=O) groups is 2. The maximum Gasteiger partial charge on any atom is 0.241 e. The fourth-order valence-corrected chi connectivity index (χ4v) is 3.89. The van der Waals surface area contributed by atoms with Gasteiger partial charge in [-0.05, 0) is 42.3 Å². The number of hydrazone groups is 1. The Morgan fingerprint density at radius 1 is 1.07 bits per heavy atom. The topological polar surface area (TPSA) is 80.2 Å². The highest BCUT2D eigenvalue weighted by atomic mass is 32.2. The standard InChI is InChI=1S/C21H23N3O4S/c1-14-6-4-8-18(12-14)27-10-11-28-19-9-5-7-17(13-19)20-24(16(3)26)23-21(29-20)22-15(2)25/h4-9,12-13,20H,10-11H2,1-3H3,(H,22,23,25)/t20-/m1/s1. The van der Waals surface area contributed by atoms with Gasteiger partial charge in [0.25, 0.3) is 0 Å². The first kappa shape index (κ1) is 20.7. The highest BCUT2D eigenvalue weighted by Crippen LogP contribution is 2.39. The number of hydrogen-bond donors (Lipinski definition) is 1. The van der Waals surface area contributed by atoms with Crippen molar-refractivity contribution < 1.29 is 19.1 Å². The fourth-order valence-electron chi connectivity index (χ4n) is 2.76. The average Bonchev–Trinajstić information content (AvgIpc) is 3.09. The molecule has 0 saturated heterocycles. The van der Waals surface area contributed by atoms with Crippen LogP contribution >= 0.6 is 11.8 Å². The van der Waals surface area contributed by atoms with Crippen LogP contribution in [0.2, 0.25) is 0 Å². The van der Waals surface area contributed by atoms with Gasteiger partial charge in [-0.1, -0.05) is 36.0 Å². The zero-order chi connectivity index (χ0) is 20.8. The summed E-state index contributed by atoms with van der Waals surface area (Å²) in [5.74, 6) is 1.05. The van der Waals surface area contributed by atoms with Crippen molar-refractivity contribution in [2.24, 2.45) is 5.10 Å². The molecule has 0 aromatic heterocycles. The van der Waals surface area contributed by atoms with E-state index in [4.69, 9.17) is 9.47 Å². The molecule has 1 atom stereocenters. The smallest absolute Gasteiger partial charge is 0.241 e. The first-order valence-corrected chi connectivity index (χ1v) is 10.1. The minimum absolute atomic E-state index is 0.208. The van der Waals surface area contributed by atoms with Crippen LogP contribution in [0.3, 0.4) is 0 Å². The molecular formula is C21H23N3O4S. The Morgan fingerprint density at radius 2 is 1.72 bits per heavy atom. The van der Waals surface area contributed by atoms with Crippen LogP contribution in [0.5, 0.6) is 11.5 Å². The zero-order valence-electron chi connectivity index (χ0n) is 16.5. The van der Waals surface area contributed by atoms with Gasteiger partial charge in [0.05, 0.1) is 0 Å². The van der Waals surface area contributed by atoms with Gasteiger partial charge in [-0.3, -0.25) is 9.59 Å². The monoisotopic (exact) mass is 413 g/mol. The molecule has 2 aromatic carbocycles. The molecule has 1 aliphatic heterocycles. The van der Waals surface area contributed by atoms with E-state index in [1.807, 2.05) is 55.5 Å². The van der Waals surface area contributed by atoms with Crippen molar-refractivity contribution in [1.82, 2.24) is 10.3 Å². The lowest BCUT2D eigenvalue weighted by molar-refractivity contribution is -0.129. The van der Waals surface area contributed by atoms with E-state index in [2.05, 4.69) is 10.4 Å². The number of rotatable bonds is 6. The van der Waals surface area contributed by atoms with E-state index in [1.165, 1.54) is 30.6 Å². The Hall–Kier alpha value is -3.00. The average molecular weight is 413 g/mol. The van der Waals surface area contributed by atoms with Crippen molar-refractivity contribution in [2.45, 2.75) is 26.1 Å². The van der Waals surface area contributed by atoms with Crippen molar-refractivity contribution in [2.75, 3.05) is 13.2 Å². The summed E-state index contributed by atoms with van der Waals surface area (Å²) in [5, 5.41) is 8.23. The Kier molecular flexibility index (Phi) is 6.77. The molecule has 8 heteroatoms. The third-order valence-corrected chi connectivity index (χ3v) is 5.11. The Labute approximate surface area is 174 Å². The number of nitrogens with zero attached hydrogens (tertiary/aromatic N) is 2. The van der Waals surface area contributed by atoms with Gasteiger partial charge in [0.15, 0.2) is 5.17 Å². The van der Waals surface area contributed by atoms with Crippen molar-refractivity contribution >= 4 is 28.7 Å². The molecule has 0 bridgehead atoms. The molecule has 7 nitrogen and oxygen atoms in total. The summed E-state index contributed by atoms with van der Waals surface area (Å²) in [6.07, 6.45) is 0. The molecule has 0 aliphatic carbocycles. The van der Waals surface area contributed by atoms with Crippen LogP contribution in [0, 0.1) is 6.92 Å². The normalized spacial score (nSPS) is 15.6. The number of amidine groups is 1. The van der Waals surface area contributed by atoms with E-state index < -0.39 is 0 Å². The van der Waals surface area contributed by atoms with Crippen LogP contribution in [0.1, 0.15) is 30.3 Å². The minimum Gasteiger partial charge on any atom is -0.490 e. The van der Waals surface area contributed by atoms with Crippen LogP contribution in [-0.4, -0.2) is 35.2 Å². The first-order valence-electron chi connectivity index (χ1n) is 9.17. The van der Waals surface area contributed by atoms with Gasteiger partial charge in [-0.2, -0.15) is 0 Å². The van der Waals surface area contributed by atoms with Crippen molar-refractivity contribution in [3.8, 4) is 11.5 Å². The SMILES string of the molecule is CC(=O)NC1=NN(C(C)=O)[C@@H](c2cccc(OCCOc3cccc(C)c3)c2)S1. The minimum atomic E-state index is -0.360. The molecule has 29 heavy (non-hydrogen) atoms. The summed E-state index contributed by atoms with van der Waals surface area (Å²) in [6.45, 7) is 5.67. The summed E-state index contributed by atoms with van der Waals surface area (Å²) in [7, 11) is 0. The molecule has 152 valence electrons. The van der Waals surface area contributed by atoms with Gasteiger partial charge in [0.1, 0.15) is 30.1 Å². The van der Waals surface area contributed by atoms with Gasteiger partial charge in [-0.25, -0.2) is 5.01 Å². The summed E-state index contributed by atoms with van der Waals surface area (Å²) in [4.78, 5) is 23.3. The molecule has 1 heterocycles. The molecule has 0 radical (unpaired) electrons. The predicted octanol–water partition coefficient (Wildman–Crippen LogP) is 3.45. The van der Waals surface area contributed by atoms with E-state index in [0.29, 0.717) is 24.1 Å². The molecule has 0 spiro atoms. The van der Waals surface area contributed by atoms with Crippen LogP contribution in [0.15, 0.2) is 53.6 Å². The number of thioether (sulfide) groups is 1. The molecule has 2 aromatic rings. The number of benzene rings is 2. The van der Waals surface area contributed by atoms with Gasteiger partial charge in [0, 0.05) is 13.8 Å². The molecule has 0 fully saturated rings. The number of hydrogen-bond acceptors (Lipinski definition) is 6. The fraction of sp³-hybridized carbons (Fsp3) is 0.286. The largest absolute Gasteiger partial charge is 0.490 e. The van der Waals surface area contributed by atoms with E-state index >= 15 is 0 Å². The molecule has 1 N–H and O–H groups in total. The number of ether oxygens (including phenoxy) is 2. The molecular weight excluding hydrogens is 390 g/mol. The Bertz CT molecular complexity index is 932. The lowest BCUT2D eigenvalue weighted by Crippen LogP contribution is -2.25. The Balaban J connectivity index is 1.60. The maximum absolute atomic E-state index is 12.0. The van der Waals surface area contributed by atoms with Gasteiger partial charge < -0.3 is 14.8 Å². The van der Waals surface area contributed by atoms with E-state index in [1.54, 1.807) is 0 Å². The van der Waals surface area contributed by atoms with Crippen LogP contribution in [0.25, 0.3) is 0 Å². The lowest BCUT2D eigenvalue weighted by atomic mass is 10.2. The quantitative estimate of drug-likeness (QED) is 0.734. The van der Waals surface area contributed by atoms with Gasteiger partial charge in [0.2, 0.25) is 11.8 Å². The highest BCUT2D eigenvalue weighted by molar-refractivity contribution is 8.14. The van der Waals surface area contributed by atoms with Crippen molar-refractivity contribution in [3.63, 3.8) is 0 Å². The molecule has 2 amide bonds. The third-order valence-electron chi connectivity index (χ3n) is 4.00. The van der Waals surface area contributed by atoms with Crippen LogP contribution < -0.4 is 14.8 Å². The van der Waals surface area contributed by atoms with E-state index in [0.717, 1.165) is 16.9 Å².